The van der Waals surface area contributed by atoms with Crippen molar-refractivity contribution in [2.45, 2.75) is 26.2 Å². The minimum absolute atomic E-state index is 0.0101. The molecule has 2 rings (SSSR count). The van der Waals surface area contributed by atoms with Crippen molar-refractivity contribution in [3.8, 4) is 11.5 Å². The molecule has 0 atom stereocenters. The minimum atomic E-state index is -0.553. The Morgan fingerprint density at radius 3 is 2.50 bits per heavy atom. The Bertz CT molecular complexity index is 635. The van der Waals surface area contributed by atoms with Crippen LogP contribution in [0.25, 0.3) is 0 Å². The number of halogens is 2. The fourth-order valence-corrected chi connectivity index (χ4v) is 1.96. The summed E-state index contributed by atoms with van der Waals surface area (Å²) in [5, 5.41) is -0.0155. The SMILES string of the molecule is CC(C)(C)c1cccc(Oc2cc(F)c(Cl)cc2N)c1. The van der Waals surface area contributed by atoms with Crippen LogP contribution in [0.5, 0.6) is 11.5 Å². The van der Waals surface area contributed by atoms with Gasteiger partial charge in [0.1, 0.15) is 11.6 Å². The van der Waals surface area contributed by atoms with Gasteiger partial charge in [0.05, 0.1) is 10.7 Å². The van der Waals surface area contributed by atoms with Gasteiger partial charge in [0.25, 0.3) is 0 Å². The Labute approximate surface area is 123 Å². The van der Waals surface area contributed by atoms with E-state index in [1.807, 2.05) is 18.2 Å². The van der Waals surface area contributed by atoms with E-state index in [0.717, 1.165) is 5.56 Å². The molecule has 0 aliphatic heterocycles. The Kier molecular flexibility index (Phi) is 3.91. The van der Waals surface area contributed by atoms with E-state index in [9.17, 15) is 4.39 Å². The van der Waals surface area contributed by atoms with Crippen LogP contribution in [-0.2, 0) is 5.41 Å². The number of nitrogens with two attached hydrogens (primary N) is 1. The molecule has 0 bridgehead atoms. The molecule has 0 heterocycles. The second-order valence-corrected chi connectivity index (χ2v) is 6.09. The van der Waals surface area contributed by atoms with Crippen molar-refractivity contribution < 1.29 is 9.13 Å². The molecule has 0 aliphatic carbocycles. The van der Waals surface area contributed by atoms with Gasteiger partial charge in [-0.2, -0.15) is 0 Å². The molecule has 2 nitrogen and oxygen atoms in total. The smallest absolute Gasteiger partial charge is 0.153 e. The molecule has 20 heavy (non-hydrogen) atoms. The molecule has 0 saturated carbocycles. The first-order chi connectivity index (χ1) is 9.27. The Morgan fingerprint density at radius 1 is 1.15 bits per heavy atom. The molecular weight excluding hydrogens is 277 g/mol. The summed E-state index contributed by atoms with van der Waals surface area (Å²) in [7, 11) is 0. The summed E-state index contributed by atoms with van der Waals surface area (Å²) in [5.41, 5.74) is 7.23. The van der Waals surface area contributed by atoms with E-state index in [0.29, 0.717) is 11.4 Å². The number of benzene rings is 2. The maximum absolute atomic E-state index is 13.5. The summed E-state index contributed by atoms with van der Waals surface area (Å²) < 4.78 is 19.1. The third-order valence-electron chi connectivity index (χ3n) is 2.98. The average molecular weight is 294 g/mol. The van der Waals surface area contributed by atoms with Crippen molar-refractivity contribution in [2.24, 2.45) is 0 Å². The third-order valence-corrected chi connectivity index (χ3v) is 3.27. The molecule has 0 radical (unpaired) electrons. The highest BCUT2D eigenvalue weighted by Gasteiger charge is 2.15. The highest BCUT2D eigenvalue weighted by Crippen LogP contribution is 2.33. The van der Waals surface area contributed by atoms with E-state index < -0.39 is 5.82 Å². The van der Waals surface area contributed by atoms with Crippen LogP contribution in [0.4, 0.5) is 10.1 Å². The second-order valence-electron chi connectivity index (χ2n) is 5.68. The lowest BCUT2D eigenvalue weighted by molar-refractivity contribution is 0.475. The maximum Gasteiger partial charge on any atom is 0.153 e. The number of nitrogen functional groups attached to an aromatic ring is 1. The monoisotopic (exact) mass is 293 g/mol. The van der Waals surface area contributed by atoms with E-state index in [1.165, 1.54) is 12.1 Å². The normalized spacial score (nSPS) is 11.4. The largest absolute Gasteiger partial charge is 0.455 e. The summed E-state index contributed by atoms with van der Waals surface area (Å²) >= 11 is 5.66. The molecule has 2 aromatic rings. The maximum atomic E-state index is 13.5. The molecule has 0 spiro atoms. The van der Waals surface area contributed by atoms with Gasteiger partial charge in [-0.3, -0.25) is 0 Å². The van der Waals surface area contributed by atoms with Gasteiger partial charge in [-0.15, -0.1) is 0 Å². The lowest BCUT2D eigenvalue weighted by Gasteiger charge is -2.20. The fourth-order valence-electron chi connectivity index (χ4n) is 1.79. The van der Waals surface area contributed by atoms with Gasteiger partial charge >= 0.3 is 0 Å². The summed E-state index contributed by atoms with van der Waals surface area (Å²) in [5.74, 6) is 0.326. The molecule has 0 aromatic heterocycles. The molecule has 0 amide bonds. The zero-order valence-corrected chi connectivity index (χ0v) is 12.5. The summed E-state index contributed by atoms with van der Waals surface area (Å²) in [6.07, 6.45) is 0. The van der Waals surface area contributed by atoms with Crippen LogP contribution in [-0.4, -0.2) is 0 Å². The molecule has 0 aliphatic rings. The first-order valence-corrected chi connectivity index (χ1v) is 6.68. The van der Waals surface area contributed by atoms with E-state index in [1.54, 1.807) is 6.07 Å². The summed E-state index contributed by atoms with van der Waals surface area (Å²) in [4.78, 5) is 0. The highest BCUT2D eigenvalue weighted by atomic mass is 35.5. The van der Waals surface area contributed by atoms with Crippen molar-refractivity contribution in [3.05, 3.63) is 52.8 Å². The van der Waals surface area contributed by atoms with Crippen molar-refractivity contribution in [3.63, 3.8) is 0 Å². The fraction of sp³-hybridized carbons (Fsp3) is 0.250. The highest BCUT2D eigenvalue weighted by molar-refractivity contribution is 6.31. The number of hydrogen-bond acceptors (Lipinski definition) is 2. The topological polar surface area (TPSA) is 35.2 Å². The predicted octanol–water partition coefficient (Wildman–Crippen LogP) is 5.15. The average Bonchev–Trinajstić information content (AvgIpc) is 2.35. The number of rotatable bonds is 2. The summed E-state index contributed by atoms with van der Waals surface area (Å²) in [6.45, 7) is 6.34. The number of ether oxygens (including phenoxy) is 1. The number of anilines is 1. The van der Waals surface area contributed by atoms with E-state index in [-0.39, 0.29) is 16.2 Å². The van der Waals surface area contributed by atoms with Crippen LogP contribution >= 0.6 is 11.6 Å². The molecule has 106 valence electrons. The minimum Gasteiger partial charge on any atom is -0.455 e. The Hall–Kier alpha value is -1.74. The van der Waals surface area contributed by atoms with Crippen molar-refractivity contribution in [2.75, 3.05) is 5.73 Å². The molecular formula is C16H17ClFNO. The van der Waals surface area contributed by atoms with Crippen LogP contribution in [0.3, 0.4) is 0 Å². The lowest BCUT2D eigenvalue weighted by Crippen LogP contribution is -2.10. The van der Waals surface area contributed by atoms with Gasteiger partial charge in [0, 0.05) is 6.07 Å². The van der Waals surface area contributed by atoms with E-state index in [4.69, 9.17) is 22.1 Å². The zero-order chi connectivity index (χ0) is 14.9. The molecule has 4 heteroatoms. The van der Waals surface area contributed by atoms with E-state index >= 15 is 0 Å². The molecule has 0 unspecified atom stereocenters. The quantitative estimate of drug-likeness (QED) is 0.777. The van der Waals surface area contributed by atoms with Gasteiger partial charge in [-0.1, -0.05) is 44.5 Å². The van der Waals surface area contributed by atoms with Crippen molar-refractivity contribution >= 4 is 17.3 Å². The van der Waals surface area contributed by atoms with Crippen LogP contribution in [0.1, 0.15) is 26.3 Å². The van der Waals surface area contributed by atoms with E-state index in [2.05, 4.69) is 20.8 Å². The molecule has 0 saturated heterocycles. The Balaban J connectivity index is 2.33. The van der Waals surface area contributed by atoms with Gasteiger partial charge in [-0.05, 0) is 29.2 Å². The van der Waals surface area contributed by atoms with Crippen LogP contribution < -0.4 is 10.5 Å². The molecule has 0 fully saturated rings. The van der Waals surface area contributed by atoms with Crippen LogP contribution in [0.15, 0.2) is 36.4 Å². The summed E-state index contributed by atoms with van der Waals surface area (Å²) in [6, 6.07) is 10.2. The first-order valence-electron chi connectivity index (χ1n) is 6.30. The first kappa shape index (κ1) is 14.7. The second kappa shape index (κ2) is 5.33. The third kappa shape index (κ3) is 3.23. The van der Waals surface area contributed by atoms with Gasteiger partial charge in [0.2, 0.25) is 0 Å². The van der Waals surface area contributed by atoms with Gasteiger partial charge in [0.15, 0.2) is 5.75 Å². The lowest BCUT2D eigenvalue weighted by atomic mass is 9.87. The Morgan fingerprint density at radius 2 is 1.85 bits per heavy atom. The van der Waals surface area contributed by atoms with Crippen molar-refractivity contribution in [1.82, 2.24) is 0 Å². The molecule has 2 aromatic carbocycles. The van der Waals surface area contributed by atoms with Crippen LogP contribution in [0, 0.1) is 5.82 Å². The standard InChI is InChI=1S/C16H17ClFNO/c1-16(2,3)10-5-4-6-11(7-10)20-15-9-13(18)12(17)8-14(15)19/h4-9H,19H2,1-3H3. The number of hydrogen-bond donors (Lipinski definition) is 1. The molecule has 2 N–H and O–H groups in total. The zero-order valence-electron chi connectivity index (χ0n) is 11.7. The van der Waals surface area contributed by atoms with Crippen molar-refractivity contribution in [1.29, 1.82) is 0 Å². The van der Waals surface area contributed by atoms with Gasteiger partial charge in [-0.25, -0.2) is 4.39 Å². The predicted molar refractivity (Wildman–Crippen MR) is 81.0 cm³/mol. The van der Waals surface area contributed by atoms with Gasteiger partial charge < -0.3 is 10.5 Å². The van der Waals surface area contributed by atoms with Crippen LogP contribution in [0.2, 0.25) is 5.02 Å².